The SMILES string of the molecule is Cn1nc(-c2ccccc2)nc1-c1ccc(N)cc1. The maximum Gasteiger partial charge on any atom is 0.181 e. The summed E-state index contributed by atoms with van der Waals surface area (Å²) in [5.41, 5.74) is 8.46. The number of hydrogen-bond donors (Lipinski definition) is 1. The van der Waals surface area contributed by atoms with Crippen molar-refractivity contribution in [3.05, 3.63) is 54.6 Å². The molecule has 0 unspecified atom stereocenters. The molecule has 0 bridgehead atoms. The summed E-state index contributed by atoms with van der Waals surface area (Å²) in [6, 6.07) is 17.6. The molecule has 0 saturated carbocycles. The number of nitrogen functional groups attached to an aromatic ring is 1. The Kier molecular flexibility index (Phi) is 2.76. The van der Waals surface area contributed by atoms with Gasteiger partial charge >= 0.3 is 0 Å². The van der Waals surface area contributed by atoms with Gasteiger partial charge < -0.3 is 5.73 Å². The Morgan fingerprint density at radius 3 is 2.26 bits per heavy atom. The number of anilines is 1. The number of benzene rings is 2. The average Bonchev–Trinajstić information content (AvgIpc) is 2.83. The third kappa shape index (κ3) is 2.20. The molecule has 0 spiro atoms. The van der Waals surface area contributed by atoms with Crippen molar-refractivity contribution in [2.75, 3.05) is 5.73 Å². The Morgan fingerprint density at radius 2 is 1.58 bits per heavy atom. The first-order valence-electron chi connectivity index (χ1n) is 6.06. The third-order valence-electron chi connectivity index (χ3n) is 2.96. The standard InChI is InChI=1S/C15H14N4/c1-19-15(12-7-9-13(16)10-8-12)17-14(18-19)11-5-3-2-4-6-11/h2-10H,16H2,1H3. The molecule has 0 aliphatic heterocycles. The zero-order valence-electron chi connectivity index (χ0n) is 10.6. The molecule has 0 fully saturated rings. The highest BCUT2D eigenvalue weighted by Crippen LogP contribution is 2.22. The number of rotatable bonds is 2. The van der Waals surface area contributed by atoms with Crippen LogP contribution in [0.2, 0.25) is 0 Å². The predicted molar refractivity (Wildman–Crippen MR) is 76.3 cm³/mol. The maximum atomic E-state index is 5.70. The fourth-order valence-corrected chi connectivity index (χ4v) is 1.98. The van der Waals surface area contributed by atoms with Gasteiger partial charge in [-0.15, -0.1) is 0 Å². The summed E-state index contributed by atoms with van der Waals surface area (Å²) < 4.78 is 1.79. The Balaban J connectivity index is 2.05. The van der Waals surface area contributed by atoms with E-state index in [4.69, 9.17) is 5.73 Å². The Hall–Kier alpha value is -2.62. The smallest absolute Gasteiger partial charge is 0.181 e. The lowest BCUT2D eigenvalue weighted by Gasteiger charge is -1.99. The van der Waals surface area contributed by atoms with Crippen molar-refractivity contribution in [3.63, 3.8) is 0 Å². The lowest BCUT2D eigenvalue weighted by Crippen LogP contribution is -1.94. The summed E-state index contributed by atoms with van der Waals surface area (Å²) in [5, 5.41) is 4.45. The van der Waals surface area contributed by atoms with Gasteiger partial charge in [0, 0.05) is 23.9 Å². The molecule has 0 amide bonds. The normalized spacial score (nSPS) is 10.6. The summed E-state index contributed by atoms with van der Waals surface area (Å²) in [6.45, 7) is 0. The Morgan fingerprint density at radius 1 is 0.895 bits per heavy atom. The van der Waals surface area contributed by atoms with Crippen LogP contribution in [0.5, 0.6) is 0 Å². The first-order valence-corrected chi connectivity index (χ1v) is 6.06. The second-order valence-electron chi connectivity index (χ2n) is 4.37. The molecule has 1 heterocycles. The van der Waals surface area contributed by atoms with E-state index in [-0.39, 0.29) is 0 Å². The quantitative estimate of drug-likeness (QED) is 0.711. The molecule has 4 heteroatoms. The average molecular weight is 250 g/mol. The summed E-state index contributed by atoms with van der Waals surface area (Å²) in [5.74, 6) is 1.56. The first-order chi connectivity index (χ1) is 9.24. The van der Waals surface area contributed by atoms with E-state index in [2.05, 4.69) is 10.1 Å². The zero-order chi connectivity index (χ0) is 13.2. The van der Waals surface area contributed by atoms with Crippen LogP contribution in [0.1, 0.15) is 0 Å². The minimum atomic E-state index is 0.731. The van der Waals surface area contributed by atoms with Gasteiger partial charge in [0.15, 0.2) is 11.6 Å². The monoisotopic (exact) mass is 250 g/mol. The molecule has 0 radical (unpaired) electrons. The van der Waals surface area contributed by atoms with Crippen molar-refractivity contribution in [3.8, 4) is 22.8 Å². The van der Waals surface area contributed by atoms with E-state index in [9.17, 15) is 0 Å². The molecule has 0 aliphatic carbocycles. The van der Waals surface area contributed by atoms with Crippen molar-refractivity contribution in [1.82, 2.24) is 14.8 Å². The van der Waals surface area contributed by atoms with Crippen LogP contribution in [0.25, 0.3) is 22.8 Å². The molecular weight excluding hydrogens is 236 g/mol. The number of hydrogen-bond acceptors (Lipinski definition) is 3. The van der Waals surface area contributed by atoms with Crippen molar-refractivity contribution >= 4 is 5.69 Å². The molecule has 0 aliphatic rings. The molecule has 3 rings (SSSR count). The van der Waals surface area contributed by atoms with E-state index in [0.29, 0.717) is 0 Å². The van der Waals surface area contributed by atoms with Gasteiger partial charge in [0.2, 0.25) is 0 Å². The van der Waals surface area contributed by atoms with Crippen molar-refractivity contribution in [2.24, 2.45) is 7.05 Å². The van der Waals surface area contributed by atoms with E-state index in [0.717, 1.165) is 28.5 Å². The van der Waals surface area contributed by atoms with E-state index < -0.39 is 0 Å². The zero-order valence-corrected chi connectivity index (χ0v) is 10.6. The highest BCUT2D eigenvalue weighted by Gasteiger charge is 2.10. The van der Waals surface area contributed by atoms with Gasteiger partial charge in [-0.05, 0) is 24.3 Å². The van der Waals surface area contributed by atoms with Crippen LogP contribution >= 0.6 is 0 Å². The second-order valence-corrected chi connectivity index (χ2v) is 4.37. The Labute approximate surface area is 111 Å². The van der Waals surface area contributed by atoms with Crippen LogP contribution in [0, 0.1) is 0 Å². The van der Waals surface area contributed by atoms with Gasteiger partial charge in [-0.1, -0.05) is 30.3 Å². The van der Waals surface area contributed by atoms with E-state index in [1.165, 1.54) is 0 Å². The topological polar surface area (TPSA) is 56.7 Å². The fraction of sp³-hybridized carbons (Fsp3) is 0.0667. The van der Waals surface area contributed by atoms with Crippen molar-refractivity contribution in [2.45, 2.75) is 0 Å². The Bertz CT molecular complexity index is 684. The van der Waals surface area contributed by atoms with Crippen molar-refractivity contribution < 1.29 is 0 Å². The maximum absolute atomic E-state index is 5.70. The molecule has 1 aromatic heterocycles. The highest BCUT2D eigenvalue weighted by molar-refractivity contribution is 5.63. The van der Waals surface area contributed by atoms with Crippen LogP contribution in [0.3, 0.4) is 0 Å². The van der Waals surface area contributed by atoms with Gasteiger partial charge in [-0.2, -0.15) is 5.10 Å². The molecule has 2 aromatic carbocycles. The van der Waals surface area contributed by atoms with Gasteiger partial charge in [0.05, 0.1) is 0 Å². The minimum Gasteiger partial charge on any atom is -0.399 e. The number of nitrogens with two attached hydrogens (primary N) is 1. The van der Waals surface area contributed by atoms with Crippen LogP contribution < -0.4 is 5.73 Å². The molecule has 2 N–H and O–H groups in total. The second kappa shape index (κ2) is 4.57. The summed E-state index contributed by atoms with van der Waals surface area (Å²) in [7, 11) is 1.89. The van der Waals surface area contributed by atoms with E-state index >= 15 is 0 Å². The fourth-order valence-electron chi connectivity index (χ4n) is 1.98. The summed E-state index contributed by atoms with van der Waals surface area (Å²) >= 11 is 0. The lowest BCUT2D eigenvalue weighted by molar-refractivity contribution is 0.777. The van der Waals surface area contributed by atoms with Crippen LogP contribution in [0.4, 0.5) is 5.69 Å². The van der Waals surface area contributed by atoms with Gasteiger partial charge in [-0.25, -0.2) is 9.67 Å². The highest BCUT2D eigenvalue weighted by atomic mass is 15.3. The van der Waals surface area contributed by atoms with Gasteiger partial charge in [-0.3, -0.25) is 0 Å². The number of nitrogens with zero attached hydrogens (tertiary/aromatic N) is 3. The number of aryl methyl sites for hydroxylation is 1. The van der Waals surface area contributed by atoms with Gasteiger partial charge in [0.1, 0.15) is 0 Å². The third-order valence-corrected chi connectivity index (χ3v) is 2.96. The molecule has 19 heavy (non-hydrogen) atoms. The largest absolute Gasteiger partial charge is 0.399 e. The molecule has 0 atom stereocenters. The molecule has 94 valence electrons. The number of aromatic nitrogens is 3. The molecule has 0 saturated heterocycles. The van der Waals surface area contributed by atoms with Crippen LogP contribution in [-0.2, 0) is 7.05 Å². The summed E-state index contributed by atoms with van der Waals surface area (Å²) in [4.78, 5) is 4.59. The van der Waals surface area contributed by atoms with Crippen molar-refractivity contribution in [1.29, 1.82) is 0 Å². The molecule has 3 aromatic rings. The van der Waals surface area contributed by atoms with Crippen LogP contribution in [0.15, 0.2) is 54.6 Å². The van der Waals surface area contributed by atoms with E-state index in [1.54, 1.807) is 4.68 Å². The molecule has 4 nitrogen and oxygen atoms in total. The van der Waals surface area contributed by atoms with Crippen LogP contribution in [-0.4, -0.2) is 14.8 Å². The summed E-state index contributed by atoms with van der Waals surface area (Å²) in [6.07, 6.45) is 0. The van der Waals surface area contributed by atoms with E-state index in [1.807, 2.05) is 61.6 Å². The minimum absolute atomic E-state index is 0.731. The predicted octanol–water partition coefficient (Wildman–Crippen LogP) is 2.73. The molecular formula is C15H14N4. The first kappa shape index (κ1) is 11.5. The lowest BCUT2D eigenvalue weighted by atomic mass is 10.2. The van der Waals surface area contributed by atoms with Gasteiger partial charge in [0.25, 0.3) is 0 Å².